The average molecular weight is 332 g/mol. The number of nitrogens with zero attached hydrogens (tertiary/aromatic N) is 2. The van der Waals surface area contributed by atoms with Gasteiger partial charge in [-0.05, 0) is 49.2 Å². The van der Waals surface area contributed by atoms with E-state index in [0.29, 0.717) is 11.3 Å². The maximum atomic E-state index is 11.7. The summed E-state index contributed by atoms with van der Waals surface area (Å²) in [6.07, 6.45) is 4.81. The number of carbonyl (C=O) groups excluding carboxylic acids is 1. The molecule has 120 valence electrons. The smallest absolute Gasteiger partial charge is 0.293 e. The lowest BCUT2D eigenvalue weighted by atomic mass is 10.1. The summed E-state index contributed by atoms with van der Waals surface area (Å²) in [7, 11) is 0. The van der Waals surface area contributed by atoms with E-state index in [1.807, 2.05) is 4.90 Å². The van der Waals surface area contributed by atoms with Crippen LogP contribution in [0.15, 0.2) is 23.9 Å². The molecule has 0 atom stereocenters. The topological polar surface area (TPSA) is 87.5 Å². The number of thiocarbonyl (C=S) groups is 1. The van der Waals surface area contributed by atoms with Crippen molar-refractivity contribution in [1.29, 1.82) is 0 Å². The molecule has 0 radical (unpaired) electrons. The van der Waals surface area contributed by atoms with Crippen molar-refractivity contribution >= 4 is 40.7 Å². The fourth-order valence-electron chi connectivity index (χ4n) is 2.83. The maximum Gasteiger partial charge on any atom is 0.293 e. The van der Waals surface area contributed by atoms with E-state index < -0.39 is 0 Å². The van der Waals surface area contributed by atoms with Gasteiger partial charge in [-0.15, -0.1) is 0 Å². The molecular formula is C15H16N4O3S. The summed E-state index contributed by atoms with van der Waals surface area (Å²) in [6, 6.07) is 5.02. The van der Waals surface area contributed by atoms with E-state index in [4.69, 9.17) is 12.2 Å². The Bertz CT molecular complexity index is 711. The number of amides is 1. The Labute approximate surface area is 138 Å². The second kappa shape index (κ2) is 6.33. The highest BCUT2D eigenvalue weighted by atomic mass is 32.1. The summed E-state index contributed by atoms with van der Waals surface area (Å²) in [6.45, 7) is 1.67. The number of carbonyl (C=O) groups is 1. The average Bonchev–Trinajstić information content (AvgIpc) is 2.85. The summed E-state index contributed by atoms with van der Waals surface area (Å²) < 4.78 is 0. The van der Waals surface area contributed by atoms with Crippen molar-refractivity contribution in [3.05, 3.63) is 39.6 Å². The summed E-state index contributed by atoms with van der Waals surface area (Å²) in [5.41, 5.74) is 1.56. The SMILES string of the molecule is O=C1NC(=S)N/C1=C/c1ccc(N2CCCCC2)c([N+](=O)[O-])c1. The molecule has 2 heterocycles. The Kier molecular flexibility index (Phi) is 4.24. The van der Waals surface area contributed by atoms with Gasteiger partial charge in [0.25, 0.3) is 11.6 Å². The maximum absolute atomic E-state index is 11.7. The van der Waals surface area contributed by atoms with Crippen molar-refractivity contribution in [2.75, 3.05) is 18.0 Å². The van der Waals surface area contributed by atoms with Gasteiger partial charge in [-0.1, -0.05) is 6.07 Å². The minimum absolute atomic E-state index is 0.0576. The Morgan fingerprint density at radius 3 is 2.57 bits per heavy atom. The predicted octanol–water partition coefficient (Wildman–Crippen LogP) is 1.93. The summed E-state index contributed by atoms with van der Waals surface area (Å²) >= 11 is 4.86. The molecule has 23 heavy (non-hydrogen) atoms. The van der Waals surface area contributed by atoms with Crippen LogP contribution in [0.5, 0.6) is 0 Å². The van der Waals surface area contributed by atoms with Crippen molar-refractivity contribution in [1.82, 2.24) is 10.6 Å². The van der Waals surface area contributed by atoms with Gasteiger partial charge in [0.15, 0.2) is 5.11 Å². The van der Waals surface area contributed by atoms with Crippen LogP contribution in [-0.2, 0) is 4.79 Å². The molecule has 1 aromatic carbocycles. The largest absolute Gasteiger partial charge is 0.366 e. The zero-order chi connectivity index (χ0) is 16.4. The first-order valence-corrected chi connectivity index (χ1v) is 7.83. The van der Waals surface area contributed by atoms with E-state index in [9.17, 15) is 14.9 Å². The van der Waals surface area contributed by atoms with Gasteiger partial charge < -0.3 is 10.2 Å². The van der Waals surface area contributed by atoms with E-state index in [0.717, 1.165) is 32.4 Å². The number of piperidine rings is 1. The van der Waals surface area contributed by atoms with Gasteiger partial charge in [-0.2, -0.15) is 0 Å². The van der Waals surface area contributed by atoms with Crippen LogP contribution in [0.4, 0.5) is 11.4 Å². The molecule has 2 aliphatic rings. The van der Waals surface area contributed by atoms with Gasteiger partial charge in [-0.3, -0.25) is 20.2 Å². The van der Waals surface area contributed by atoms with Crippen LogP contribution < -0.4 is 15.5 Å². The highest BCUT2D eigenvalue weighted by Crippen LogP contribution is 2.31. The van der Waals surface area contributed by atoms with E-state index in [1.54, 1.807) is 18.2 Å². The van der Waals surface area contributed by atoms with Gasteiger partial charge in [0.1, 0.15) is 11.4 Å². The molecule has 0 aliphatic carbocycles. The molecule has 1 amide bonds. The Hall–Kier alpha value is -2.48. The van der Waals surface area contributed by atoms with Crippen molar-refractivity contribution < 1.29 is 9.72 Å². The number of nitrogens with one attached hydrogen (secondary N) is 2. The third-order valence-corrected chi connectivity index (χ3v) is 4.13. The van der Waals surface area contributed by atoms with Crippen molar-refractivity contribution in [3.8, 4) is 0 Å². The first-order valence-electron chi connectivity index (χ1n) is 7.42. The molecule has 0 spiro atoms. The van der Waals surface area contributed by atoms with E-state index >= 15 is 0 Å². The molecular weight excluding hydrogens is 316 g/mol. The fraction of sp³-hybridized carbons (Fsp3) is 0.333. The van der Waals surface area contributed by atoms with Crippen LogP contribution in [0.25, 0.3) is 6.08 Å². The van der Waals surface area contributed by atoms with E-state index in [2.05, 4.69) is 10.6 Å². The van der Waals surface area contributed by atoms with Gasteiger partial charge >= 0.3 is 0 Å². The van der Waals surface area contributed by atoms with Crippen LogP contribution in [0.1, 0.15) is 24.8 Å². The van der Waals surface area contributed by atoms with Crippen LogP contribution in [0, 0.1) is 10.1 Å². The number of hydrogen-bond acceptors (Lipinski definition) is 5. The van der Waals surface area contributed by atoms with Crippen molar-refractivity contribution in [2.24, 2.45) is 0 Å². The molecule has 0 saturated carbocycles. The molecule has 2 aliphatic heterocycles. The number of nitro groups is 1. The molecule has 1 aromatic rings. The van der Waals surface area contributed by atoms with Gasteiger partial charge in [0.2, 0.25) is 0 Å². The number of hydrogen-bond donors (Lipinski definition) is 2. The van der Waals surface area contributed by atoms with Gasteiger partial charge in [-0.25, -0.2) is 0 Å². The highest BCUT2D eigenvalue weighted by Gasteiger charge is 2.23. The lowest BCUT2D eigenvalue weighted by Crippen LogP contribution is -2.29. The second-order valence-electron chi connectivity index (χ2n) is 5.52. The lowest BCUT2D eigenvalue weighted by Gasteiger charge is -2.28. The first kappa shape index (κ1) is 15.4. The number of rotatable bonds is 3. The highest BCUT2D eigenvalue weighted by molar-refractivity contribution is 7.80. The second-order valence-corrected chi connectivity index (χ2v) is 5.93. The molecule has 2 N–H and O–H groups in total. The Morgan fingerprint density at radius 1 is 1.22 bits per heavy atom. The quantitative estimate of drug-likeness (QED) is 0.381. The standard InChI is InChI=1S/C15H16N4O3S/c20-14-11(16-15(23)17-14)8-10-4-5-12(13(9-10)19(21)22)18-6-2-1-3-7-18/h4-5,8-9H,1-3,6-7H2,(H2,16,17,20,23)/b11-8+. The fourth-order valence-corrected chi connectivity index (χ4v) is 3.03. The molecule has 7 nitrogen and oxygen atoms in total. The Balaban J connectivity index is 1.93. The number of nitro benzene ring substituents is 1. The van der Waals surface area contributed by atoms with Crippen LogP contribution in [0.3, 0.4) is 0 Å². The van der Waals surface area contributed by atoms with Crippen LogP contribution >= 0.6 is 12.2 Å². The normalized spacial score (nSPS) is 19.7. The predicted molar refractivity (Wildman–Crippen MR) is 91.0 cm³/mol. The third-order valence-electron chi connectivity index (χ3n) is 3.92. The number of benzene rings is 1. The molecule has 2 fully saturated rings. The molecule has 3 rings (SSSR count). The molecule has 0 bridgehead atoms. The first-order chi connectivity index (χ1) is 11.0. The van der Waals surface area contributed by atoms with Gasteiger partial charge in [0, 0.05) is 19.2 Å². The number of anilines is 1. The van der Waals surface area contributed by atoms with Gasteiger partial charge in [0.05, 0.1) is 4.92 Å². The Morgan fingerprint density at radius 2 is 1.96 bits per heavy atom. The van der Waals surface area contributed by atoms with Crippen LogP contribution in [0.2, 0.25) is 0 Å². The zero-order valence-corrected chi connectivity index (χ0v) is 13.2. The molecule has 0 aromatic heterocycles. The lowest BCUT2D eigenvalue weighted by molar-refractivity contribution is -0.384. The third kappa shape index (κ3) is 3.31. The van der Waals surface area contributed by atoms with Crippen LogP contribution in [-0.4, -0.2) is 29.0 Å². The molecule has 8 heteroatoms. The van der Waals surface area contributed by atoms with E-state index in [-0.39, 0.29) is 27.3 Å². The van der Waals surface area contributed by atoms with Crippen molar-refractivity contribution in [3.63, 3.8) is 0 Å². The monoisotopic (exact) mass is 332 g/mol. The van der Waals surface area contributed by atoms with Crippen molar-refractivity contribution in [2.45, 2.75) is 19.3 Å². The summed E-state index contributed by atoms with van der Waals surface area (Å²) in [5.74, 6) is -0.335. The minimum Gasteiger partial charge on any atom is -0.366 e. The minimum atomic E-state index is -0.376. The van der Waals surface area contributed by atoms with E-state index in [1.165, 1.54) is 6.07 Å². The molecule has 0 unspecified atom stereocenters. The zero-order valence-electron chi connectivity index (χ0n) is 12.4. The summed E-state index contributed by atoms with van der Waals surface area (Å²) in [4.78, 5) is 24.7. The molecule has 2 saturated heterocycles. The summed E-state index contributed by atoms with van der Waals surface area (Å²) in [5, 5.41) is 16.8.